The summed E-state index contributed by atoms with van der Waals surface area (Å²) in [6.07, 6.45) is 0.509. The van der Waals surface area contributed by atoms with Crippen LogP contribution in [0.15, 0.2) is 0 Å². The Hall–Kier alpha value is -0.750. The lowest BCUT2D eigenvalue weighted by Crippen LogP contribution is -2.35. The number of ether oxygens (including phenoxy) is 1. The molecule has 2 unspecified atom stereocenters. The van der Waals surface area contributed by atoms with Crippen LogP contribution in [-0.2, 0) is 14.3 Å². The van der Waals surface area contributed by atoms with Gasteiger partial charge in [0.2, 0.25) is 0 Å². The van der Waals surface area contributed by atoms with E-state index in [0.29, 0.717) is 6.42 Å². The molecule has 0 aromatic rings. The van der Waals surface area contributed by atoms with E-state index in [1.807, 2.05) is 0 Å². The molecule has 0 bridgehead atoms. The first kappa shape index (κ1) is 14.2. The summed E-state index contributed by atoms with van der Waals surface area (Å²) in [6, 6.07) is -0.747. The third kappa shape index (κ3) is 5.64. The molecule has 0 spiro atoms. The van der Waals surface area contributed by atoms with Crippen LogP contribution in [0.4, 0.5) is 0 Å². The van der Waals surface area contributed by atoms with E-state index in [1.54, 1.807) is 13.8 Å². The molecular formula is C9H17NO4S. The monoisotopic (exact) mass is 235 g/mol. The Kier molecular flexibility index (Phi) is 7.15. The van der Waals surface area contributed by atoms with Crippen molar-refractivity contribution in [2.45, 2.75) is 31.6 Å². The summed E-state index contributed by atoms with van der Waals surface area (Å²) in [6.45, 7) is 3.76. The van der Waals surface area contributed by atoms with Gasteiger partial charge >= 0.3 is 11.9 Å². The zero-order valence-electron chi connectivity index (χ0n) is 8.93. The summed E-state index contributed by atoms with van der Waals surface area (Å²) in [5.74, 6) is -1.09. The molecule has 6 heteroatoms. The minimum absolute atomic E-state index is 0.268. The van der Waals surface area contributed by atoms with Gasteiger partial charge in [0.15, 0.2) is 0 Å². The summed E-state index contributed by atoms with van der Waals surface area (Å²) in [5.41, 5.74) is 5.52. The molecule has 3 N–H and O–H groups in total. The zero-order chi connectivity index (χ0) is 11.8. The Morgan fingerprint density at radius 3 is 2.47 bits per heavy atom. The van der Waals surface area contributed by atoms with Crippen LogP contribution in [0.1, 0.15) is 20.3 Å². The van der Waals surface area contributed by atoms with Crippen LogP contribution in [0.25, 0.3) is 0 Å². The molecule has 0 heterocycles. The molecule has 5 nitrogen and oxygen atoms in total. The van der Waals surface area contributed by atoms with Crippen LogP contribution in [-0.4, -0.2) is 40.7 Å². The molecule has 0 radical (unpaired) electrons. The van der Waals surface area contributed by atoms with Crippen molar-refractivity contribution in [2.24, 2.45) is 5.73 Å². The Labute approximate surface area is 93.4 Å². The minimum atomic E-state index is -0.876. The van der Waals surface area contributed by atoms with Gasteiger partial charge in [-0.1, -0.05) is 6.92 Å². The fourth-order valence-corrected chi connectivity index (χ4v) is 1.85. The van der Waals surface area contributed by atoms with E-state index < -0.39 is 23.2 Å². The van der Waals surface area contributed by atoms with Crippen molar-refractivity contribution in [3.8, 4) is 0 Å². The van der Waals surface area contributed by atoms with Crippen LogP contribution in [0.2, 0.25) is 0 Å². The van der Waals surface area contributed by atoms with Gasteiger partial charge in [-0.15, -0.1) is 11.8 Å². The summed E-state index contributed by atoms with van der Waals surface area (Å²) in [7, 11) is 0. The highest BCUT2D eigenvalue weighted by Crippen LogP contribution is 2.15. The molecule has 0 amide bonds. The van der Waals surface area contributed by atoms with Gasteiger partial charge in [-0.25, -0.2) is 0 Å². The van der Waals surface area contributed by atoms with Crippen molar-refractivity contribution in [1.82, 2.24) is 0 Å². The van der Waals surface area contributed by atoms with E-state index >= 15 is 0 Å². The Bertz CT molecular complexity index is 222. The van der Waals surface area contributed by atoms with E-state index in [9.17, 15) is 9.59 Å². The quantitative estimate of drug-likeness (QED) is 0.624. The lowest BCUT2D eigenvalue weighted by atomic mass is 10.3. The number of esters is 1. The average molecular weight is 235 g/mol. The van der Waals surface area contributed by atoms with Gasteiger partial charge in [-0.2, -0.15) is 0 Å². The van der Waals surface area contributed by atoms with Crippen molar-refractivity contribution < 1.29 is 19.4 Å². The number of carboxylic acids is 1. The number of hydrogen-bond acceptors (Lipinski definition) is 5. The van der Waals surface area contributed by atoms with Gasteiger partial charge in [0.05, 0.1) is 6.61 Å². The topological polar surface area (TPSA) is 89.6 Å². The molecule has 0 fully saturated rings. The second-order valence-electron chi connectivity index (χ2n) is 2.93. The third-order valence-corrected chi connectivity index (χ3v) is 3.20. The molecule has 0 saturated heterocycles. The number of carboxylic acid groups (broad SMARTS) is 1. The Morgan fingerprint density at radius 2 is 2.07 bits per heavy atom. The highest BCUT2D eigenvalue weighted by atomic mass is 32.2. The summed E-state index contributed by atoms with van der Waals surface area (Å²) < 4.78 is 4.71. The van der Waals surface area contributed by atoms with E-state index in [-0.39, 0.29) is 12.4 Å². The molecule has 0 saturated carbocycles. The van der Waals surface area contributed by atoms with E-state index in [1.165, 1.54) is 11.8 Å². The third-order valence-electron chi connectivity index (χ3n) is 1.71. The van der Waals surface area contributed by atoms with E-state index in [2.05, 4.69) is 0 Å². The van der Waals surface area contributed by atoms with Gasteiger partial charge in [-0.3, -0.25) is 9.59 Å². The molecule has 15 heavy (non-hydrogen) atoms. The average Bonchev–Trinajstić information content (AvgIpc) is 2.18. The molecule has 2 atom stereocenters. The van der Waals surface area contributed by atoms with Crippen molar-refractivity contribution in [2.75, 3.05) is 12.4 Å². The molecule has 88 valence electrons. The van der Waals surface area contributed by atoms with Crippen LogP contribution in [0, 0.1) is 0 Å². The highest BCUT2D eigenvalue weighted by Gasteiger charge is 2.20. The summed E-state index contributed by atoms with van der Waals surface area (Å²) in [4.78, 5) is 21.8. The molecule has 0 aromatic heterocycles. The highest BCUT2D eigenvalue weighted by molar-refractivity contribution is 8.00. The zero-order valence-corrected chi connectivity index (χ0v) is 9.75. The molecule has 0 rings (SSSR count). The molecule has 0 aliphatic carbocycles. The van der Waals surface area contributed by atoms with Crippen LogP contribution in [0.5, 0.6) is 0 Å². The van der Waals surface area contributed by atoms with Crippen molar-refractivity contribution in [3.05, 3.63) is 0 Å². The molecular weight excluding hydrogens is 218 g/mol. The predicted octanol–water partition coefficient (Wildman–Crippen LogP) is 0.473. The number of thioether (sulfide) groups is 1. The van der Waals surface area contributed by atoms with Crippen LogP contribution >= 0.6 is 11.8 Å². The van der Waals surface area contributed by atoms with E-state index in [0.717, 1.165) is 0 Å². The number of carbonyl (C=O) groups excluding carboxylic acids is 1. The standard InChI is InChI=1S/C9H17NO4S/c1-3-7(8(11)12)15-5-6(10)9(13)14-4-2/h6-7H,3-5,10H2,1-2H3,(H,11,12). The van der Waals surface area contributed by atoms with Gasteiger partial charge in [0.25, 0.3) is 0 Å². The van der Waals surface area contributed by atoms with E-state index in [4.69, 9.17) is 15.6 Å². The molecule has 0 aromatic carbocycles. The van der Waals surface area contributed by atoms with Gasteiger partial charge in [-0.05, 0) is 13.3 Å². The maximum absolute atomic E-state index is 11.1. The first-order valence-corrected chi connectivity index (χ1v) is 5.84. The minimum Gasteiger partial charge on any atom is -0.480 e. The number of rotatable bonds is 7. The SMILES string of the molecule is CCOC(=O)C(N)CSC(CC)C(=O)O. The summed E-state index contributed by atoms with van der Waals surface area (Å²) >= 11 is 1.17. The largest absolute Gasteiger partial charge is 0.480 e. The summed E-state index contributed by atoms with van der Waals surface area (Å²) in [5, 5.41) is 8.24. The van der Waals surface area contributed by atoms with Crippen LogP contribution in [0.3, 0.4) is 0 Å². The second kappa shape index (κ2) is 7.53. The van der Waals surface area contributed by atoms with Gasteiger partial charge in [0.1, 0.15) is 11.3 Å². The van der Waals surface area contributed by atoms with Gasteiger partial charge < -0.3 is 15.6 Å². The first-order valence-electron chi connectivity index (χ1n) is 4.79. The predicted molar refractivity (Wildman–Crippen MR) is 58.8 cm³/mol. The number of hydrogen-bond donors (Lipinski definition) is 2. The fraction of sp³-hybridized carbons (Fsp3) is 0.778. The van der Waals surface area contributed by atoms with Crippen molar-refractivity contribution in [1.29, 1.82) is 0 Å². The number of aliphatic carboxylic acids is 1. The number of carbonyl (C=O) groups is 2. The maximum atomic E-state index is 11.1. The van der Waals surface area contributed by atoms with Crippen LogP contribution < -0.4 is 5.73 Å². The normalized spacial score (nSPS) is 14.3. The smallest absolute Gasteiger partial charge is 0.323 e. The lowest BCUT2D eigenvalue weighted by Gasteiger charge is -2.13. The van der Waals surface area contributed by atoms with Crippen molar-refractivity contribution in [3.63, 3.8) is 0 Å². The second-order valence-corrected chi connectivity index (χ2v) is 4.16. The number of nitrogens with two attached hydrogens (primary N) is 1. The molecule has 0 aliphatic rings. The molecule has 0 aliphatic heterocycles. The van der Waals surface area contributed by atoms with Gasteiger partial charge in [0, 0.05) is 5.75 Å². The Morgan fingerprint density at radius 1 is 1.47 bits per heavy atom. The Balaban J connectivity index is 3.92. The first-order chi connectivity index (χ1) is 7.02. The van der Waals surface area contributed by atoms with Crippen molar-refractivity contribution >= 4 is 23.7 Å². The fourth-order valence-electron chi connectivity index (χ4n) is 0.901. The maximum Gasteiger partial charge on any atom is 0.323 e. The lowest BCUT2D eigenvalue weighted by molar-refractivity contribution is -0.144.